The monoisotopic (exact) mass is 1150 g/mol. The molecule has 0 aromatic heterocycles. The third-order valence-corrected chi connectivity index (χ3v) is 19.0. The number of urea groups is 2. The topological polar surface area (TPSA) is 216 Å². The van der Waals surface area contributed by atoms with Gasteiger partial charge >= 0.3 is 18.0 Å². The number of halogens is 2. The van der Waals surface area contributed by atoms with Gasteiger partial charge in [-0.3, -0.25) is 34.2 Å². The van der Waals surface area contributed by atoms with Crippen LogP contribution >= 0.6 is 0 Å². The van der Waals surface area contributed by atoms with Gasteiger partial charge in [-0.1, -0.05) is 42.5 Å². The fraction of sp³-hybridized carbons (Fsp3) is 0.500. The van der Waals surface area contributed by atoms with Gasteiger partial charge in [0.25, 0.3) is 0 Å². The number of ether oxygens (including phenoxy) is 3. The summed E-state index contributed by atoms with van der Waals surface area (Å²) in [6.45, 7) is 12.8. The smallest absolute Gasteiger partial charge is 0.337 e. The average Bonchev–Trinajstić information content (AvgIpc) is 3.45. The molecule has 6 fully saturated rings. The van der Waals surface area contributed by atoms with Crippen molar-refractivity contribution in [3.05, 3.63) is 130 Å². The van der Waals surface area contributed by atoms with Crippen LogP contribution in [0.25, 0.3) is 0 Å². The van der Waals surface area contributed by atoms with E-state index in [1.807, 2.05) is 48.5 Å². The molecule has 0 aliphatic carbocycles. The van der Waals surface area contributed by atoms with Crippen LogP contribution in [0.1, 0.15) is 43.0 Å². The molecule has 0 atom stereocenters. The van der Waals surface area contributed by atoms with Crippen LogP contribution in [0.4, 0.5) is 29.7 Å². The molecule has 0 bridgehead atoms. The number of Topliss-reactive ketones (excluding diaryl/α,β-unsaturated/α-hetero) is 1. The Morgan fingerprint density at radius 1 is 0.550 bits per heavy atom. The number of rotatable bonds is 15. The van der Waals surface area contributed by atoms with Crippen molar-refractivity contribution in [3.8, 4) is 0 Å². The molecule has 0 saturated carbocycles. The SMILES string of the molecule is COC(=O)c1ccc(CN(C(=O)N2CCS(=O)(=O)CC2)c2ccc(CN3CCN(C4COC4)CC3)cc2)c(F)c1.NCC(=O)c1ccc(CN(C(=O)N2CCS(=O)(=O)CC2)c2ccc(CN3CCN(C4COC4)CC3)cc2)c(F)c1. The molecule has 432 valence electrons. The molecule has 10 rings (SSSR count). The Kier molecular flexibility index (Phi) is 19.3. The minimum absolute atomic E-state index is 0.0722. The zero-order chi connectivity index (χ0) is 56.6. The molecular weight excluding hydrogens is 1080 g/mol. The van der Waals surface area contributed by atoms with Crippen LogP contribution in [0.3, 0.4) is 0 Å². The van der Waals surface area contributed by atoms with Gasteiger partial charge in [0.2, 0.25) is 0 Å². The lowest BCUT2D eigenvalue weighted by Crippen LogP contribution is -2.56. The number of hydrogen-bond donors (Lipinski definition) is 1. The molecule has 4 amide bonds. The van der Waals surface area contributed by atoms with Gasteiger partial charge in [0, 0.05) is 120 Å². The number of ketones is 1. The Hall–Kier alpha value is -5.96. The number of nitrogens with zero attached hydrogens (tertiary/aromatic N) is 8. The summed E-state index contributed by atoms with van der Waals surface area (Å²) in [5, 5.41) is 0. The predicted octanol–water partition coefficient (Wildman–Crippen LogP) is 3.33. The number of amides is 4. The molecule has 2 N–H and O–H groups in total. The minimum Gasteiger partial charge on any atom is -0.465 e. The molecular formula is C56H71F2N9O11S2. The molecule has 6 aliphatic heterocycles. The highest BCUT2D eigenvalue weighted by Crippen LogP contribution is 2.27. The van der Waals surface area contributed by atoms with Crippen molar-refractivity contribution < 1.29 is 59.0 Å². The molecule has 0 unspecified atom stereocenters. The number of hydrogen-bond acceptors (Lipinski definition) is 16. The summed E-state index contributed by atoms with van der Waals surface area (Å²) >= 11 is 0. The van der Waals surface area contributed by atoms with Crippen molar-refractivity contribution in [1.29, 1.82) is 0 Å². The molecule has 0 radical (unpaired) electrons. The number of esters is 1. The van der Waals surface area contributed by atoms with Crippen molar-refractivity contribution in [2.75, 3.05) is 151 Å². The number of carbonyl (C=O) groups is 4. The first-order valence-corrected chi connectivity index (χ1v) is 30.8. The predicted molar refractivity (Wildman–Crippen MR) is 297 cm³/mol. The quantitative estimate of drug-likeness (QED) is 0.133. The standard InChI is InChI=1S/C28H36FN5O5S.C28H35FN4O6S/c29-26-15-22(27(35)16-30)3-4-23(26)18-34(28(36)33-11-13-40(37,38)14-12-33)24-5-1-21(2-6-24)17-31-7-9-32(10-8-31)25-19-39-20-25;1-38-27(34)22-4-5-23(26(29)16-22)18-33(28(35)32-12-14-40(36,37)15-13-32)24-6-2-21(3-7-24)17-30-8-10-31(11-9-30)25-19-39-20-25/h1-6,15,25H,7-14,16-20,30H2;2-7,16,25H,8-15,17-20H2,1H3. The highest BCUT2D eigenvalue weighted by molar-refractivity contribution is 7.91. The van der Waals surface area contributed by atoms with E-state index in [1.54, 1.807) is 0 Å². The number of piperazine rings is 2. The molecule has 6 aliphatic rings. The summed E-state index contributed by atoms with van der Waals surface area (Å²) in [5.74, 6) is -2.67. The second kappa shape index (κ2) is 26.3. The fourth-order valence-electron chi connectivity index (χ4n) is 10.4. The van der Waals surface area contributed by atoms with Gasteiger partial charge in [-0.05, 0) is 53.6 Å². The van der Waals surface area contributed by atoms with Crippen LogP contribution < -0.4 is 15.5 Å². The summed E-state index contributed by atoms with van der Waals surface area (Å²) in [5.41, 5.74) is 9.50. The number of carbonyl (C=O) groups excluding carboxylic acids is 4. The van der Waals surface area contributed by atoms with Gasteiger partial charge in [0.15, 0.2) is 25.5 Å². The van der Waals surface area contributed by atoms with E-state index in [0.29, 0.717) is 23.5 Å². The highest BCUT2D eigenvalue weighted by Gasteiger charge is 2.34. The largest absolute Gasteiger partial charge is 0.465 e. The van der Waals surface area contributed by atoms with Gasteiger partial charge < -0.3 is 29.7 Å². The zero-order valence-corrected chi connectivity index (χ0v) is 46.8. The van der Waals surface area contributed by atoms with Crippen molar-refractivity contribution in [3.63, 3.8) is 0 Å². The lowest BCUT2D eigenvalue weighted by molar-refractivity contribution is -0.0774. The Balaban J connectivity index is 0.000000194. The average molecular weight is 1150 g/mol. The van der Waals surface area contributed by atoms with Crippen LogP contribution in [-0.2, 0) is 60.1 Å². The van der Waals surface area contributed by atoms with Crippen LogP contribution in [0.2, 0.25) is 0 Å². The van der Waals surface area contributed by atoms with Crippen molar-refractivity contribution >= 4 is 54.9 Å². The maximum Gasteiger partial charge on any atom is 0.337 e. The van der Waals surface area contributed by atoms with Gasteiger partial charge in [-0.2, -0.15) is 0 Å². The maximum absolute atomic E-state index is 15.0. The third kappa shape index (κ3) is 14.9. The van der Waals surface area contributed by atoms with Gasteiger partial charge in [-0.25, -0.2) is 40.0 Å². The Morgan fingerprint density at radius 2 is 0.925 bits per heavy atom. The summed E-state index contributed by atoms with van der Waals surface area (Å²) in [6, 6.07) is 23.7. The lowest BCUT2D eigenvalue weighted by Gasteiger charge is -2.42. The van der Waals surface area contributed by atoms with Crippen LogP contribution in [0, 0.1) is 11.6 Å². The van der Waals surface area contributed by atoms with Gasteiger partial charge in [-0.15, -0.1) is 0 Å². The molecule has 0 spiro atoms. The second-order valence-corrected chi connectivity index (χ2v) is 25.7. The van der Waals surface area contributed by atoms with E-state index in [-0.39, 0.29) is 103 Å². The van der Waals surface area contributed by atoms with Crippen molar-refractivity contribution in [2.45, 2.75) is 38.3 Å². The minimum atomic E-state index is -3.18. The number of methoxy groups -OCH3 is 1. The highest BCUT2D eigenvalue weighted by atomic mass is 32.2. The lowest BCUT2D eigenvalue weighted by atomic mass is 10.1. The molecule has 4 aromatic carbocycles. The fourth-order valence-corrected chi connectivity index (χ4v) is 12.8. The van der Waals surface area contributed by atoms with Crippen LogP contribution in [0.5, 0.6) is 0 Å². The Bertz CT molecular complexity index is 2830. The third-order valence-electron chi connectivity index (χ3n) is 15.8. The van der Waals surface area contributed by atoms with E-state index in [4.69, 9.17) is 15.2 Å². The molecule has 6 heterocycles. The van der Waals surface area contributed by atoms with Gasteiger partial charge in [0.05, 0.1) is 93.8 Å². The zero-order valence-electron chi connectivity index (χ0n) is 45.1. The Morgan fingerprint density at radius 3 is 1.26 bits per heavy atom. The Labute approximate surface area is 466 Å². The van der Waals surface area contributed by atoms with Crippen molar-refractivity contribution in [1.82, 2.24) is 29.4 Å². The first kappa shape index (κ1) is 58.7. The number of anilines is 2. The summed E-state index contributed by atoms with van der Waals surface area (Å²) in [7, 11) is -5.13. The first-order chi connectivity index (χ1) is 38.4. The van der Waals surface area contributed by atoms with E-state index >= 15 is 8.78 Å². The summed E-state index contributed by atoms with van der Waals surface area (Å²) < 4.78 is 93.0. The van der Waals surface area contributed by atoms with Gasteiger partial charge in [0.1, 0.15) is 11.6 Å². The van der Waals surface area contributed by atoms with E-state index < -0.39 is 43.3 Å². The molecule has 4 aromatic rings. The van der Waals surface area contributed by atoms with E-state index in [2.05, 4.69) is 24.3 Å². The van der Waals surface area contributed by atoms with E-state index in [0.717, 1.165) is 115 Å². The molecule has 80 heavy (non-hydrogen) atoms. The van der Waals surface area contributed by atoms with E-state index in [9.17, 15) is 36.0 Å². The summed E-state index contributed by atoms with van der Waals surface area (Å²) in [6.07, 6.45) is 0. The number of sulfone groups is 2. The van der Waals surface area contributed by atoms with Crippen molar-refractivity contribution in [2.24, 2.45) is 5.73 Å². The van der Waals surface area contributed by atoms with Crippen LogP contribution in [-0.4, -0.2) is 224 Å². The molecule has 6 saturated heterocycles. The molecule has 20 nitrogen and oxygen atoms in total. The first-order valence-electron chi connectivity index (χ1n) is 27.1. The normalized spacial score (nSPS) is 20.1. The molecule has 24 heteroatoms. The summed E-state index contributed by atoms with van der Waals surface area (Å²) in [4.78, 5) is 66.6. The second-order valence-electron chi connectivity index (χ2n) is 21.1. The number of nitrogens with two attached hydrogens (primary N) is 1. The van der Waals surface area contributed by atoms with Crippen LogP contribution in [0.15, 0.2) is 84.9 Å². The maximum atomic E-state index is 15.0. The van der Waals surface area contributed by atoms with E-state index in [1.165, 1.54) is 51.0 Å². The number of benzene rings is 4.